The number of nitrogens with one attached hydrogen (secondary N) is 2. The van der Waals surface area contributed by atoms with Gasteiger partial charge in [0, 0.05) is 12.6 Å². The van der Waals surface area contributed by atoms with Crippen LogP contribution in [0, 0.1) is 12.8 Å². The van der Waals surface area contributed by atoms with Gasteiger partial charge in [-0.05, 0) is 99.5 Å². The number of fused-ring (bicyclic) bond motifs is 3. The van der Waals surface area contributed by atoms with Crippen LogP contribution < -0.4 is 5.32 Å². The molecule has 2 N–H and O–H groups in total. The van der Waals surface area contributed by atoms with Crippen LogP contribution in [-0.4, -0.2) is 47.1 Å². The molecule has 168 valence electrons. The number of aromatic nitrogens is 2. The first-order chi connectivity index (χ1) is 15.7. The normalized spacial score (nSPS) is 29.4. The fourth-order valence-corrected chi connectivity index (χ4v) is 7.17. The van der Waals surface area contributed by atoms with E-state index in [2.05, 4.69) is 70.7 Å². The van der Waals surface area contributed by atoms with Crippen molar-refractivity contribution in [1.82, 2.24) is 20.2 Å². The molecule has 3 aliphatic rings. The van der Waals surface area contributed by atoms with Gasteiger partial charge in [0.05, 0.1) is 11.0 Å². The van der Waals surface area contributed by atoms with Crippen LogP contribution in [-0.2, 0) is 5.41 Å². The summed E-state index contributed by atoms with van der Waals surface area (Å²) < 4.78 is 0. The predicted octanol–water partition coefficient (Wildman–Crippen LogP) is 5.15. The quantitative estimate of drug-likeness (QED) is 0.591. The maximum atomic E-state index is 4.84. The van der Waals surface area contributed by atoms with Crippen molar-refractivity contribution in [2.75, 3.05) is 26.2 Å². The van der Waals surface area contributed by atoms with Gasteiger partial charge in [-0.1, -0.05) is 42.5 Å². The van der Waals surface area contributed by atoms with Crippen LogP contribution in [0.15, 0.2) is 48.5 Å². The van der Waals surface area contributed by atoms with Crippen LogP contribution in [0.1, 0.15) is 61.4 Å². The summed E-state index contributed by atoms with van der Waals surface area (Å²) in [5.74, 6) is 2.48. The Labute approximate surface area is 191 Å². The van der Waals surface area contributed by atoms with Gasteiger partial charge >= 0.3 is 0 Å². The smallest absolute Gasteiger partial charge is 0.104 e. The fraction of sp³-hybridized carbons (Fsp3) is 0.536. The second kappa shape index (κ2) is 8.31. The molecule has 0 radical (unpaired) electrons. The number of benzene rings is 2. The Morgan fingerprint density at radius 1 is 1.06 bits per heavy atom. The Morgan fingerprint density at radius 2 is 1.91 bits per heavy atom. The van der Waals surface area contributed by atoms with Crippen molar-refractivity contribution in [1.29, 1.82) is 0 Å². The molecule has 0 amide bonds. The van der Waals surface area contributed by atoms with Gasteiger partial charge in [0.1, 0.15) is 5.82 Å². The van der Waals surface area contributed by atoms with E-state index in [0.717, 1.165) is 30.9 Å². The summed E-state index contributed by atoms with van der Waals surface area (Å²) >= 11 is 0. The van der Waals surface area contributed by atoms with Gasteiger partial charge in [-0.2, -0.15) is 0 Å². The Morgan fingerprint density at radius 3 is 2.72 bits per heavy atom. The van der Waals surface area contributed by atoms with E-state index in [4.69, 9.17) is 4.98 Å². The van der Waals surface area contributed by atoms with Gasteiger partial charge in [-0.3, -0.25) is 4.90 Å². The molecule has 6 rings (SSSR count). The van der Waals surface area contributed by atoms with E-state index in [9.17, 15) is 0 Å². The lowest BCUT2D eigenvalue weighted by Gasteiger charge is -2.43. The summed E-state index contributed by atoms with van der Waals surface area (Å²) in [7, 11) is 0. The Kier molecular flexibility index (Phi) is 5.31. The van der Waals surface area contributed by atoms with E-state index in [1.165, 1.54) is 68.2 Å². The van der Waals surface area contributed by atoms with Gasteiger partial charge in [0.15, 0.2) is 0 Å². The summed E-state index contributed by atoms with van der Waals surface area (Å²) in [4.78, 5) is 11.1. The molecule has 2 bridgehead atoms. The third-order valence-electron chi connectivity index (χ3n) is 8.81. The standard InChI is InChI=1S/C28H36N4/c1-20-30-25-9-5-8-24(27(25)31-20)22-18-21-11-17-32(19-22)26(21)10-12-28(13-15-29-16-14-28)23-6-3-2-4-7-23/h2-9,21-22,26,29H,10-19H2,1H3,(H,30,31). The SMILES string of the molecule is Cc1nc2c(C3CC4CCN(C3)C4CCC3(c4ccccc4)CCNCC3)cccc2[nH]1. The number of aryl methyl sites for hydroxylation is 1. The number of aromatic amines is 1. The lowest BCUT2D eigenvalue weighted by Crippen LogP contribution is -2.44. The van der Waals surface area contributed by atoms with Crippen LogP contribution in [0.25, 0.3) is 11.0 Å². The molecule has 0 saturated carbocycles. The van der Waals surface area contributed by atoms with Crippen LogP contribution in [0.2, 0.25) is 0 Å². The number of hydrogen-bond donors (Lipinski definition) is 2. The fourth-order valence-electron chi connectivity index (χ4n) is 7.17. The summed E-state index contributed by atoms with van der Waals surface area (Å²) in [5.41, 5.74) is 5.79. The van der Waals surface area contributed by atoms with Gasteiger partial charge in [0.2, 0.25) is 0 Å². The Hall–Kier alpha value is -2.17. The minimum Gasteiger partial charge on any atom is -0.342 e. The topological polar surface area (TPSA) is 44.0 Å². The van der Waals surface area contributed by atoms with Gasteiger partial charge in [-0.25, -0.2) is 4.98 Å². The van der Waals surface area contributed by atoms with E-state index in [1.54, 1.807) is 5.56 Å². The summed E-state index contributed by atoms with van der Waals surface area (Å²) in [6, 6.07) is 18.8. The highest BCUT2D eigenvalue weighted by Gasteiger charge is 2.43. The first-order valence-electron chi connectivity index (χ1n) is 12.7. The third kappa shape index (κ3) is 3.58. The zero-order valence-corrected chi connectivity index (χ0v) is 19.3. The number of imidazole rings is 1. The average molecular weight is 429 g/mol. The van der Waals surface area contributed by atoms with Crippen molar-refractivity contribution >= 4 is 11.0 Å². The van der Waals surface area contributed by atoms with Crippen molar-refractivity contribution in [2.45, 2.75) is 62.8 Å². The molecule has 3 fully saturated rings. The highest BCUT2D eigenvalue weighted by molar-refractivity contribution is 5.79. The second-order valence-corrected chi connectivity index (χ2v) is 10.5. The second-order valence-electron chi connectivity index (χ2n) is 10.5. The molecule has 4 heteroatoms. The minimum atomic E-state index is 0.363. The molecule has 4 nitrogen and oxygen atoms in total. The first kappa shape index (κ1) is 20.4. The van der Waals surface area contributed by atoms with Crippen molar-refractivity contribution in [3.63, 3.8) is 0 Å². The lowest BCUT2D eigenvalue weighted by molar-refractivity contribution is 0.133. The molecule has 3 saturated heterocycles. The van der Waals surface area contributed by atoms with Crippen LogP contribution in [0.3, 0.4) is 0 Å². The number of para-hydroxylation sites is 1. The number of H-pyrrole nitrogens is 1. The predicted molar refractivity (Wildman–Crippen MR) is 131 cm³/mol. The van der Waals surface area contributed by atoms with Crippen LogP contribution in [0.4, 0.5) is 0 Å². The third-order valence-corrected chi connectivity index (χ3v) is 8.81. The molecule has 0 spiro atoms. The van der Waals surface area contributed by atoms with Gasteiger partial charge < -0.3 is 10.3 Å². The maximum Gasteiger partial charge on any atom is 0.104 e. The molecule has 32 heavy (non-hydrogen) atoms. The zero-order valence-electron chi connectivity index (χ0n) is 19.3. The molecular formula is C28H36N4. The van der Waals surface area contributed by atoms with Crippen molar-refractivity contribution in [3.05, 3.63) is 65.5 Å². The van der Waals surface area contributed by atoms with E-state index in [0.29, 0.717) is 11.3 Å². The molecule has 2 aromatic carbocycles. The maximum absolute atomic E-state index is 4.84. The number of rotatable bonds is 5. The van der Waals surface area contributed by atoms with Crippen LogP contribution in [0.5, 0.6) is 0 Å². The monoisotopic (exact) mass is 428 g/mol. The molecule has 4 atom stereocenters. The Bertz CT molecular complexity index is 1050. The van der Waals surface area contributed by atoms with E-state index >= 15 is 0 Å². The number of hydrogen-bond acceptors (Lipinski definition) is 3. The van der Waals surface area contributed by atoms with Gasteiger partial charge in [0.25, 0.3) is 0 Å². The summed E-state index contributed by atoms with van der Waals surface area (Å²) in [5, 5.41) is 3.60. The molecule has 4 heterocycles. The highest BCUT2D eigenvalue weighted by Crippen LogP contribution is 2.46. The van der Waals surface area contributed by atoms with Crippen LogP contribution >= 0.6 is 0 Å². The highest BCUT2D eigenvalue weighted by atomic mass is 15.2. The zero-order chi connectivity index (χ0) is 21.5. The lowest BCUT2D eigenvalue weighted by atomic mass is 9.68. The van der Waals surface area contributed by atoms with E-state index in [1.807, 2.05) is 0 Å². The van der Waals surface area contributed by atoms with E-state index < -0.39 is 0 Å². The molecule has 3 aliphatic heterocycles. The molecule has 3 aromatic rings. The van der Waals surface area contributed by atoms with E-state index in [-0.39, 0.29) is 0 Å². The summed E-state index contributed by atoms with van der Waals surface area (Å²) in [6.45, 7) is 6.86. The molecule has 0 aliphatic carbocycles. The number of piperidine rings is 2. The van der Waals surface area contributed by atoms with Gasteiger partial charge in [-0.15, -0.1) is 0 Å². The Balaban J connectivity index is 1.19. The van der Waals surface area contributed by atoms with Crippen molar-refractivity contribution < 1.29 is 0 Å². The number of nitrogens with zero attached hydrogens (tertiary/aromatic N) is 2. The van der Waals surface area contributed by atoms with Crippen molar-refractivity contribution in [2.24, 2.45) is 5.92 Å². The minimum absolute atomic E-state index is 0.363. The largest absolute Gasteiger partial charge is 0.342 e. The molecule has 4 unspecified atom stereocenters. The van der Waals surface area contributed by atoms with Crippen molar-refractivity contribution in [3.8, 4) is 0 Å². The first-order valence-corrected chi connectivity index (χ1v) is 12.7. The molecule has 1 aromatic heterocycles. The average Bonchev–Trinajstić information content (AvgIpc) is 3.33. The molecular weight excluding hydrogens is 392 g/mol. The summed E-state index contributed by atoms with van der Waals surface area (Å²) in [6.07, 6.45) is 7.92.